The summed E-state index contributed by atoms with van der Waals surface area (Å²) in [4.78, 5) is 42.2. The first-order chi connectivity index (χ1) is 15.8. The summed E-state index contributed by atoms with van der Waals surface area (Å²) in [6.45, 7) is 1.48. The van der Waals surface area contributed by atoms with Crippen molar-refractivity contribution in [3.8, 4) is 10.6 Å². The van der Waals surface area contributed by atoms with E-state index >= 15 is 0 Å². The van der Waals surface area contributed by atoms with Gasteiger partial charge in [-0.15, -0.1) is 11.3 Å². The van der Waals surface area contributed by atoms with E-state index in [1.165, 1.54) is 30.4 Å². The quantitative estimate of drug-likeness (QED) is 0.382. The maximum Gasteiger partial charge on any atom is 0.339 e. The van der Waals surface area contributed by atoms with E-state index in [4.69, 9.17) is 22.1 Å². The zero-order valence-electron chi connectivity index (χ0n) is 17.4. The molecule has 0 aliphatic carbocycles. The molecule has 1 atom stereocenters. The number of esters is 1. The second-order valence-electron chi connectivity index (χ2n) is 7.15. The molecule has 2 aromatic carbocycles. The SMILES string of the molecule is CC(OC(=O)c1cc(-c2ccc(Cl)s2)nc2ccccc12)C(=O)Nc1ccc(C(N)=O)cc1. The number of nitrogens with two attached hydrogens (primary N) is 1. The molecule has 0 spiro atoms. The Morgan fingerprint density at radius 1 is 1.06 bits per heavy atom. The van der Waals surface area contributed by atoms with Gasteiger partial charge in [0.15, 0.2) is 6.10 Å². The van der Waals surface area contributed by atoms with Crippen LogP contribution in [-0.4, -0.2) is 28.9 Å². The second kappa shape index (κ2) is 9.40. The topological polar surface area (TPSA) is 111 Å². The van der Waals surface area contributed by atoms with E-state index in [1.807, 2.05) is 12.1 Å². The minimum absolute atomic E-state index is 0.297. The standard InChI is InChI=1S/C24H18ClN3O4S/c1-13(23(30)27-15-8-6-14(7-9-15)22(26)29)32-24(31)17-12-19(20-10-11-21(25)33-20)28-18-5-3-2-4-16(17)18/h2-13H,1H3,(H2,26,29)(H,27,30). The molecule has 4 aromatic rings. The van der Waals surface area contributed by atoms with Crippen LogP contribution in [0.1, 0.15) is 27.6 Å². The second-order valence-corrected chi connectivity index (χ2v) is 8.87. The van der Waals surface area contributed by atoms with Gasteiger partial charge >= 0.3 is 5.97 Å². The number of fused-ring (bicyclic) bond motifs is 1. The summed E-state index contributed by atoms with van der Waals surface area (Å²) in [6, 6.07) is 18.5. The highest BCUT2D eigenvalue weighted by Crippen LogP contribution is 2.32. The van der Waals surface area contributed by atoms with Crippen LogP contribution < -0.4 is 11.1 Å². The van der Waals surface area contributed by atoms with Gasteiger partial charge in [-0.3, -0.25) is 9.59 Å². The number of ether oxygens (including phenoxy) is 1. The van der Waals surface area contributed by atoms with Crippen LogP contribution in [0.3, 0.4) is 0 Å². The normalized spacial score (nSPS) is 11.7. The summed E-state index contributed by atoms with van der Waals surface area (Å²) in [5, 5.41) is 3.26. The van der Waals surface area contributed by atoms with Gasteiger partial charge in [0, 0.05) is 16.6 Å². The van der Waals surface area contributed by atoms with E-state index in [0.29, 0.717) is 37.7 Å². The summed E-state index contributed by atoms with van der Waals surface area (Å²) < 4.78 is 6.07. The zero-order valence-corrected chi connectivity index (χ0v) is 18.9. The Bertz CT molecular complexity index is 1370. The van der Waals surface area contributed by atoms with Crippen LogP contribution in [-0.2, 0) is 9.53 Å². The van der Waals surface area contributed by atoms with Crippen LogP contribution in [0.2, 0.25) is 4.34 Å². The zero-order chi connectivity index (χ0) is 23.5. The molecule has 166 valence electrons. The number of primary amides is 1. The molecule has 2 aromatic heterocycles. The summed E-state index contributed by atoms with van der Waals surface area (Å²) in [7, 11) is 0. The van der Waals surface area contributed by atoms with Crippen LogP contribution >= 0.6 is 22.9 Å². The Labute approximate surface area is 198 Å². The van der Waals surface area contributed by atoms with Crippen molar-refractivity contribution in [2.24, 2.45) is 5.73 Å². The first-order valence-electron chi connectivity index (χ1n) is 9.89. The van der Waals surface area contributed by atoms with Gasteiger partial charge in [0.25, 0.3) is 5.91 Å². The fourth-order valence-electron chi connectivity index (χ4n) is 3.16. The Hall–Kier alpha value is -3.75. The number of anilines is 1. The molecule has 0 saturated heterocycles. The lowest BCUT2D eigenvalue weighted by Gasteiger charge is -2.15. The van der Waals surface area contributed by atoms with Crippen molar-refractivity contribution in [1.82, 2.24) is 4.98 Å². The summed E-state index contributed by atoms with van der Waals surface area (Å²) in [5.74, 6) is -1.73. The fraction of sp³-hybridized carbons (Fsp3) is 0.0833. The molecule has 7 nitrogen and oxygen atoms in total. The van der Waals surface area contributed by atoms with E-state index in [1.54, 1.807) is 42.5 Å². The van der Waals surface area contributed by atoms with Gasteiger partial charge < -0.3 is 15.8 Å². The lowest BCUT2D eigenvalue weighted by Crippen LogP contribution is -2.30. The Balaban J connectivity index is 1.55. The number of benzene rings is 2. The molecule has 33 heavy (non-hydrogen) atoms. The fourth-order valence-corrected chi connectivity index (χ4v) is 4.17. The molecule has 2 amide bonds. The number of nitrogens with zero attached hydrogens (tertiary/aromatic N) is 1. The minimum Gasteiger partial charge on any atom is -0.449 e. The number of hydrogen-bond donors (Lipinski definition) is 2. The number of nitrogens with one attached hydrogen (secondary N) is 1. The molecule has 0 bridgehead atoms. The maximum absolute atomic E-state index is 13.0. The lowest BCUT2D eigenvalue weighted by molar-refractivity contribution is -0.123. The summed E-state index contributed by atoms with van der Waals surface area (Å²) >= 11 is 7.41. The molecule has 2 heterocycles. The van der Waals surface area contributed by atoms with Crippen molar-refractivity contribution < 1.29 is 19.1 Å². The molecule has 1 unspecified atom stereocenters. The van der Waals surface area contributed by atoms with Crippen molar-refractivity contribution in [2.45, 2.75) is 13.0 Å². The maximum atomic E-state index is 13.0. The highest BCUT2D eigenvalue weighted by atomic mass is 35.5. The summed E-state index contributed by atoms with van der Waals surface area (Å²) in [5.41, 5.74) is 7.49. The molecule has 0 aliphatic rings. The average Bonchev–Trinajstić information content (AvgIpc) is 3.24. The summed E-state index contributed by atoms with van der Waals surface area (Å²) in [6.07, 6.45) is -1.07. The molecule has 0 fully saturated rings. The van der Waals surface area contributed by atoms with E-state index < -0.39 is 23.9 Å². The third-order valence-corrected chi connectivity index (χ3v) is 6.11. The van der Waals surface area contributed by atoms with Gasteiger partial charge in [0.2, 0.25) is 5.91 Å². The van der Waals surface area contributed by atoms with E-state index in [-0.39, 0.29) is 0 Å². The van der Waals surface area contributed by atoms with Crippen molar-refractivity contribution >= 4 is 57.3 Å². The van der Waals surface area contributed by atoms with Crippen LogP contribution in [0.4, 0.5) is 5.69 Å². The lowest BCUT2D eigenvalue weighted by atomic mass is 10.1. The van der Waals surface area contributed by atoms with Gasteiger partial charge in [0.05, 0.1) is 26.0 Å². The third kappa shape index (κ3) is 5.02. The van der Waals surface area contributed by atoms with Crippen LogP contribution in [0.5, 0.6) is 0 Å². The number of halogens is 1. The number of aromatic nitrogens is 1. The molecular weight excluding hydrogens is 462 g/mol. The minimum atomic E-state index is -1.07. The highest BCUT2D eigenvalue weighted by Gasteiger charge is 2.22. The third-order valence-electron chi connectivity index (χ3n) is 4.85. The number of rotatable bonds is 6. The Morgan fingerprint density at radius 3 is 2.45 bits per heavy atom. The molecule has 4 rings (SSSR count). The van der Waals surface area contributed by atoms with Crippen LogP contribution in [0, 0.1) is 0 Å². The highest BCUT2D eigenvalue weighted by molar-refractivity contribution is 7.19. The largest absolute Gasteiger partial charge is 0.449 e. The van der Waals surface area contributed by atoms with Crippen molar-refractivity contribution in [2.75, 3.05) is 5.32 Å². The first-order valence-corrected chi connectivity index (χ1v) is 11.1. The number of amides is 2. The number of carbonyl (C=O) groups is 3. The number of hydrogen-bond acceptors (Lipinski definition) is 6. The average molecular weight is 480 g/mol. The van der Waals surface area contributed by atoms with Gasteiger partial charge in [-0.1, -0.05) is 29.8 Å². The van der Waals surface area contributed by atoms with E-state index in [2.05, 4.69) is 10.3 Å². The van der Waals surface area contributed by atoms with Gasteiger partial charge in [-0.2, -0.15) is 0 Å². The monoisotopic (exact) mass is 479 g/mol. The van der Waals surface area contributed by atoms with Gasteiger partial charge in [-0.25, -0.2) is 9.78 Å². The van der Waals surface area contributed by atoms with Crippen molar-refractivity contribution in [3.63, 3.8) is 0 Å². The van der Waals surface area contributed by atoms with Crippen molar-refractivity contribution in [3.05, 3.63) is 82.2 Å². The number of para-hydroxylation sites is 1. The van der Waals surface area contributed by atoms with E-state index in [0.717, 1.165) is 4.88 Å². The van der Waals surface area contributed by atoms with Gasteiger partial charge in [0.1, 0.15) is 0 Å². The van der Waals surface area contributed by atoms with E-state index in [9.17, 15) is 14.4 Å². The van der Waals surface area contributed by atoms with Crippen molar-refractivity contribution in [1.29, 1.82) is 0 Å². The number of thiophene rings is 1. The van der Waals surface area contributed by atoms with Crippen LogP contribution in [0.15, 0.2) is 66.7 Å². The molecular formula is C24H18ClN3O4S. The molecule has 0 saturated carbocycles. The molecule has 9 heteroatoms. The first kappa shape index (κ1) is 22.4. The predicted octanol–water partition coefficient (Wildman–Crippen LogP) is 4.90. The molecule has 0 aliphatic heterocycles. The Morgan fingerprint density at radius 2 is 1.79 bits per heavy atom. The Kier molecular flexibility index (Phi) is 6.39. The number of carbonyl (C=O) groups excluding carboxylic acids is 3. The predicted molar refractivity (Wildman–Crippen MR) is 129 cm³/mol. The van der Waals surface area contributed by atoms with Crippen LogP contribution in [0.25, 0.3) is 21.5 Å². The molecule has 3 N–H and O–H groups in total. The number of pyridine rings is 1. The van der Waals surface area contributed by atoms with Gasteiger partial charge in [-0.05, 0) is 55.5 Å². The molecule has 0 radical (unpaired) electrons. The smallest absolute Gasteiger partial charge is 0.339 e.